The van der Waals surface area contributed by atoms with E-state index in [1.54, 1.807) is 0 Å². The van der Waals surface area contributed by atoms with Crippen molar-refractivity contribution in [3.8, 4) is 0 Å². The standard InChI is InChI=1S/C18H21N3/c1-13(2)21(16-10-4-3-9-15(16)19)17-11-5-7-14-8-6-12-20-18(14)17/h3,5-9,11,20H,1,4,10,12,19H2,2H3. The van der Waals surface area contributed by atoms with Gasteiger partial charge in [-0.3, -0.25) is 0 Å². The lowest BCUT2D eigenvalue weighted by molar-refractivity contribution is 0.870. The van der Waals surface area contributed by atoms with Crippen LogP contribution in [0.25, 0.3) is 6.08 Å². The van der Waals surface area contributed by atoms with Gasteiger partial charge in [-0.25, -0.2) is 0 Å². The molecule has 3 heteroatoms. The maximum atomic E-state index is 6.21. The number of fused-ring (bicyclic) bond motifs is 1. The molecule has 0 saturated heterocycles. The minimum absolute atomic E-state index is 0.827. The highest BCUT2D eigenvalue weighted by molar-refractivity contribution is 5.84. The summed E-state index contributed by atoms with van der Waals surface area (Å²) in [7, 11) is 0. The highest BCUT2D eigenvalue weighted by Gasteiger charge is 2.21. The molecule has 1 aliphatic heterocycles. The Hall–Kier alpha value is -2.42. The maximum absolute atomic E-state index is 6.21. The van der Waals surface area contributed by atoms with Crippen molar-refractivity contribution >= 4 is 17.5 Å². The molecular weight excluding hydrogens is 258 g/mol. The van der Waals surface area contributed by atoms with Gasteiger partial charge in [0, 0.05) is 17.9 Å². The second-order valence-electron chi connectivity index (χ2n) is 5.44. The monoisotopic (exact) mass is 279 g/mol. The zero-order chi connectivity index (χ0) is 14.8. The van der Waals surface area contributed by atoms with Gasteiger partial charge in [0.15, 0.2) is 0 Å². The first kappa shape index (κ1) is 13.6. The number of benzene rings is 1. The van der Waals surface area contributed by atoms with Gasteiger partial charge >= 0.3 is 0 Å². The van der Waals surface area contributed by atoms with Crippen LogP contribution in [0.15, 0.2) is 60.1 Å². The van der Waals surface area contributed by atoms with Crippen LogP contribution in [0.2, 0.25) is 0 Å². The van der Waals surface area contributed by atoms with E-state index in [1.807, 2.05) is 13.0 Å². The SMILES string of the molecule is C=C(C)N(C1=C(N)C=CCC1)c1cccc2c1NCC=C2. The minimum atomic E-state index is 0.827. The fourth-order valence-electron chi connectivity index (χ4n) is 2.92. The highest BCUT2D eigenvalue weighted by atomic mass is 15.2. The van der Waals surface area contributed by atoms with E-state index in [0.29, 0.717) is 0 Å². The van der Waals surface area contributed by atoms with Crippen LogP contribution in [0.3, 0.4) is 0 Å². The summed E-state index contributed by atoms with van der Waals surface area (Å²) >= 11 is 0. The molecule has 1 aliphatic carbocycles. The van der Waals surface area contributed by atoms with Gasteiger partial charge in [0.2, 0.25) is 0 Å². The van der Waals surface area contributed by atoms with Crippen molar-refractivity contribution in [2.45, 2.75) is 19.8 Å². The Morgan fingerprint density at radius 1 is 1.29 bits per heavy atom. The molecule has 0 saturated carbocycles. The molecule has 0 aromatic heterocycles. The molecular formula is C18H21N3. The number of hydrogen-bond acceptors (Lipinski definition) is 3. The summed E-state index contributed by atoms with van der Waals surface area (Å²) in [6, 6.07) is 6.33. The molecule has 0 bridgehead atoms. The van der Waals surface area contributed by atoms with Gasteiger partial charge < -0.3 is 16.0 Å². The third-order valence-corrected chi connectivity index (χ3v) is 3.84. The average molecular weight is 279 g/mol. The smallest absolute Gasteiger partial charge is 0.0694 e. The number of para-hydroxylation sites is 1. The molecule has 1 aromatic rings. The second-order valence-corrected chi connectivity index (χ2v) is 5.44. The third-order valence-electron chi connectivity index (χ3n) is 3.84. The Morgan fingerprint density at radius 2 is 2.14 bits per heavy atom. The lowest BCUT2D eigenvalue weighted by Crippen LogP contribution is -2.25. The van der Waals surface area contributed by atoms with E-state index < -0.39 is 0 Å². The van der Waals surface area contributed by atoms with Gasteiger partial charge in [0.25, 0.3) is 0 Å². The summed E-state index contributed by atoms with van der Waals surface area (Å²) in [6.45, 7) is 7.03. The zero-order valence-corrected chi connectivity index (χ0v) is 12.4. The van der Waals surface area contributed by atoms with E-state index in [4.69, 9.17) is 5.73 Å². The summed E-state index contributed by atoms with van der Waals surface area (Å²) in [5.41, 5.74) is 12.6. The fraction of sp³-hybridized carbons (Fsp3) is 0.222. The van der Waals surface area contributed by atoms with E-state index >= 15 is 0 Å². The minimum Gasteiger partial charge on any atom is -0.397 e. The molecule has 21 heavy (non-hydrogen) atoms. The summed E-state index contributed by atoms with van der Waals surface area (Å²) in [5, 5.41) is 3.47. The van der Waals surface area contributed by atoms with E-state index in [-0.39, 0.29) is 0 Å². The van der Waals surface area contributed by atoms with Gasteiger partial charge in [-0.05, 0) is 37.5 Å². The first-order valence-corrected chi connectivity index (χ1v) is 7.32. The summed E-state index contributed by atoms with van der Waals surface area (Å²) in [4.78, 5) is 2.18. The number of rotatable bonds is 3. The van der Waals surface area contributed by atoms with Crippen LogP contribution < -0.4 is 16.0 Å². The number of allylic oxidation sites excluding steroid dienone is 4. The van der Waals surface area contributed by atoms with Crippen LogP contribution in [0.1, 0.15) is 25.3 Å². The molecule has 0 radical (unpaired) electrons. The molecule has 0 unspecified atom stereocenters. The van der Waals surface area contributed by atoms with E-state index in [0.717, 1.165) is 47.9 Å². The predicted molar refractivity (Wildman–Crippen MR) is 90.8 cm³/mol. The number of nitrogens with two attached hydrogens (primary N) is 1. The van der Waals surface area contributed by atoms with Gasteiger partial charge in [0.1, 0.15) is 0 Å². The molecule has 3 N–H and O–H groups in total. The molecule has 3 rings (SSSR count). The normalized spacial score (nSPS) is 16.4. The number of anilines is 2. The van der Waals surface area contributed by atoms with E-state index in [1.165, 1.54) is 5.56 Å². The van der Waals surface area contributed by atoms with Crippen molar-refractivity contribution in [3.05, 3.63) is 65.7 Å². The molecule has 0 spiro atoms. The van der Waals surface area contributed by atoms with E-state index in [2.05, 4.69) is 53.2 Å². The van der Waals surface area contributed by atoms with Crippen molar-refractivity contribution in [2.75, 3.05) is 16.8 Å². The quantitative estimate of drug-likeness (QED) is 0.879. The second kappa shape index (κ2) is 5.52. The molecule has 0 atom stereocenters. The van der Waals surface area contributed by atoms with Crippen LogP contribution in [0.4, 0.5) is 11.4 Å². The largest absolute Gasteiger partial charge is 0.397 e. The first-order chi connectivity index (χ1) is 10.2. The van der Waals surface area contributed by atoms with Gasteiger partial charge in [0.05, 0.1) is 17.1 Å². The van der Waals surface area contributed by atoms with Crippen molar-refractivity contribution in [3.63, 3.8) is 0 Å². The molecule has 1 aromatic carbocycles. The lowest BCUT2D eigenvalue weighted by Gasteiger charge is -2.32. The molecule has 0 amide bonds. The number of hydrogen-bond donors (Lipinski definition) is 2. The summed E-state index contributed by atoms with van der Waals surface area (Å²) in [5.74, 6) is 0. The molecule has 3 nitrogen and oxygen atoms in total. The maximum Gasteiger partial charge on any atom is 0.0694 e. The molecule has 0 fully saturated rings. The number of nitrogens with zero attached hydrogens (tertiary/aromatic N) is 1. The van der Waals surface area contributed by atoms with Crippen LogP contribution in [0, 0.1) is 0 Å². The van der Waals surface area contributed by atoms with Crippen LogP contribution in [-0.4, -0.2) is 6.54 Å². The Kier molecular flexibility index (Phi) is 3.57. The summed E-state index contributed by atoms with van der Waals surface area (Å²) < 4.78 is 0. The Bertz CT molecular complexity index is 665. The van der Waals surface area contributed by atoms with Crippen molar-refractivity contribution in [1.29, 1.82) is 0 Å². The third kappa shape index (κ3) is 2.47. The summed E-state index contributed by atoms with van der Waals surface area (Å²) in [6.07, 6.45) is 10.4. The van der Waals surface area contributed by atoms with Crippen molar-refractivity contribution < 1.29 is 0 Å². The van der Waals surface area contributed by atoms with E-state index in [9.17, 15) is 0 Å². The molecule has 1 heterocycles. The van der Waals surface area contributed by atoms with Gasteiger partial charge in [-0.2, -0.15) is 0 Å². The predicted octanol–water partition coefficient (Wildman–Crippen LogP) is 3.99. The molecule has 108 valence electrons. The number of nitrogens with one attached hydrogen (secondary N) is 1. The Balaban J connectivity index is 2.13. The van der Waals surface area contributed by atoms with Gasteiger partial charge in [-0.15, -0.1) is 0 Å². The van der Waals surface area contributed by atoms with Gasteiger partial charge in [-0.1, -0.05) is 36.9 Å². The Morgan fingerprint density at radius 3 is 2.90 bits per heavy atom. The average Bonchev–Trinajstić information content (AvgIpc) is 2.49. The van der Waals surface area contributed by atoms with Crippen LogP contribution in [-0.2, 0) is 0 Å². The van der Waals surface area contributed by atoms with Crippen molar-refractivity contribution in [2.24, 2.45) is 5.73 Å². The Labute approximate surface area is 126 Å². The zero-order valence-electron chi connectivity index (χ0n) is 12.4. The highest BCUT2D eigenvalue weighted by Crippen LogP contribution is 2.38. The topological polar surface area (TPSA) is 41.3 Å². The lowest BCUT2D eigenvalue weighted by atomic mass is 10.0. The van der Waals surface area contributed by atoms with Crippen LogP contribution in [0.5, 0.6) is 0 Å². The van der Waals surface area contributed by atoms with Crippen LogP contribution >= 0.6 is 0 Å². The van der Waals surface area contributed by atoms with Crippen molar-refractivity contribution in [1.82, 2.24) is 0 Å². The molecule has 2 aliphatic rings. The fourth-order valence-corrected chi connectivity index (χ4v) is 2.92. The first-order valence-electron chi connectivity index (χ1n) is 7.32.